The Morgan fingerprint density at radius 3 is 2.75 bits per heavy atom. The topological polar surface area (TPSA) is 68.3 Å². The van der Waals surface area contributed by atoms with E-state index in [2.05, 4.69) is 12.2 Å². The minimum atomic E-state index is -0.814. The fourth-order valence-corrected chi connectivity index (χ4v) is 4.55. The Hall–Kier alpha value is -2.43. The summed E-state index contributed by atoms with van der Waals surface area (Å²) in [5, 5.41) is 3.89. The molecule has 1 aromatic heterocycles. The highest BCUT2D eigenvalue weighted by molar-refractivity contribution is 6.06. The normalized spacial score (nSPS) is 22.5. The van der Waals surface area contributed by atoms with Crippen LogP contribution >= 0.6 is 0 Å². The predicted octanol–water partition coefficient (Wildman–Crippen LogP) is 3.96. The first-order chi connectivity index (χ1) is 13.5. The lowest BCUT2D eigenvalue weighted by Crippen LogP contribution is -2.46. The Labute approximate surface area is 165 Å². The summed E-state index contributed by atoms with van der Waals surface area (Å²) < 4.78 is 5.63. The van der Waals surface area contributed by atoms with Gasteiger partial charge in [0.05, 0.1) is 11.1 Å². The SMILES string of the molecule is C[C@@H]1CCCC[C@H]1NC(=O)[C@@H](C)OC(=O)c1c2c(nc3ccccc13)CCC2. The van der Waals surface area contributed by atoms with Gasteiger partial charge in [0.15, 0.2) is 6.10 Å². The quantitative estimate of drug-likeness (QED) is 0.815. The highest BCUT2D eigenvalue weighted by Gasteiger charge is 2.29. The van der Waals surface area contributed by atoms with E-state index in [4.69, 9.17) is 9.72 Å². The molecule has 1 saturated carbocycles. The number of rotatable bonds is 4. The molecule has 0 bridgehead atoms. The summed E-state index contributed by atoms with van der Waals surface area (Å²) in [4.78, 5) is 30.4. The molecule has 0 aliphatic heterocycles. The summed E-state index contributed by atoms with van der Waals surface area (Å²) in [5.74, 6) is -0.161. The second kappa shape index (κ2) is 7.90. The van der Waals surface area contributed by atoms with E-state index in [-0.39, 0.29) is 11.9 Å². The van der Waals surface area contributed by atoms with Gasteiger partial charge in [-0.2, -0.15) is 0 Å². The first kappa shape index (κ1) is 18.9. The van der Waals surface area contributed by atoms with Crippen LogP contribution in [0.2, 0.25) is 0 Å². The molecule has 0 saturated heterocycles. The van der Waals surface area contributed by atoms with Gasteiger partial charge in [0, 0.05) is 17.1 Å². The zero-order chi connectivity index (χ0) is 19.7. The minimum absolute atomic E-state index is 0.174. The average molecular weight is 380 g/mol. The van der Waals surface area contributed by atoms with Gasteiger partial charge in [-0.3, -0.25) is 9.78 Å². The number of ether oxygens (including phenoxy) is 1. The molecule has 3 atom stereocenters. The standard InChI is InChI=1S/C23H28N2O3/c1-14-8-3-5-11-18(14)25-22(26)15(2)28-23(27)21-16-9-4-6-12-19(16)24-20-13-7-10-17(20)21/h4,6,9,12,14-15,18H,3,5,7-8,10-11,13H2,1-2H3,(H,25,26)/t14-,15-,18-/m1/s1. The van der Waals surface area contributed by atoms with Gasteiger partial charge in [-0.05, 0) is 56.6 Å². The smallest absolute Gasteiger partial charge is 0.339 e. The molecule has 1 heterocycles. The molecule has 2 aromatic rings. The van der Waals surface area contributed by atoms with Crippen LogP contribution in [0.1, 0.15) is 67.6 Å². The molecule has 2 aliphatic carbocycles. The second-order valence-electron chi connectivity index (χ2n) is 8.21. The molecular formula is C23H28N2O3. The van der Waals surface area contributed by atoms with Gasteiger partial charge >= 0.3 is 5.97 Å². The third-order valence-corrected chi connectivity index (χ3v) is 6.22. The molecule has 5 nitrogen and oxygen atoms in total. The minimum Gasteiger partial charge on any atom is -0.449 e. The number of aryl methyl sites for hydroxylation is 1. The maximum Gasteiger partial charge on any atom is 0.339 e. The van der Waals surface area contributed by atoms with E-state index in [0.717, 1.165) is 60.7 Å². The van der Waals surface area contributed by atoms with Crippen molar-refractivity contribution in [3.05, 3.63) is 41.1 Å². The number of amides is 1. The Balaban J connectivity index is 1.53. The Kier molecular flexibility index (Phi) is 5.33. The van der Waals surface area contributed by atoms with Gasteiger partial charge in [-0.1, -0.05) is 38.0 Å². The van der Waals surface area contributed by atoms with Crippen LogP contribution in [0.4, 0.5) is 0 Å². The molecule has 4 rings (SSSR count). The summed E-state index contributed by atoms with van der Waals surface area (Å²) in [6.07, 6.45) is 6.38. The zero-order valence-electron chi connectivity index (χ0n) is 16.7. The van der Waals surface area contributed by atoms with E-state index in [1.54, 1.807) is 6.92 Å². The number of hydrogen-bond donors (Lipinski definition) is 1. The van der Waals surface area contributed by atoms with Crippen molar-refractivity contribution >= 4 is 22.8 Å². The number of aromatic nitrogens is 1. The van der Waals surface area contributed by atoms with Crippen molar-refractivity contribution in [2.75, 3.05) is 0 Å². The first-order valence-electron chi connectivity index (χ1n) is 10.5. The van der Waals surface area contributed by atoms with Gasteiger partial charge in [0.25, 0.3) is 5.91 Å². The Morgan fingerprint density at radius 1 is 1.14 bits per heavy atom. The molecule has 1 amide bonds. The van der Waals surface area contributed by atoms with Crippen molar-refractivity contribution < 1.29 is 14.3 Å². The van der Waals surface area contributed by atoms with Crippen LogP contribution in [-0.4, -0.2) is 29.0 Å². The van der Waals surface area contributed by atoms with Crippen LogP contribution < -0.4 is 5.32 Å². The Morgan fingerprint density at radius 2 is 1.93 bits per heavy atom. The number of nitrogens with zero attached hydrogens (tertiary/aromatic N) is 1. The predicted molar refractivity (Wildman–Crippen MR) is 108 cm³/mol. The van der Waals surface area contributed by atoms with Crippen molar-refractivity contribution in [3.8, 4) is 0 Å². The van der Waals surface area contributed by atoms with Gasteiger partial charge in [0.2, 0.25) is 0 Å². The van der Waals surface area contributed by atoms with Crippen LogP contribution in [0.15, 0.2) is 24.3 Å². The molecule has 0 radical (unpaired) electrons. The van der Waals surface area contributed by atoms with Crippen LogP contribution in [0.3, 0.4) is 0 Å². The van der Waals surface area contributed by atoms with Crippen molar-refractivity contribution in [2.24, 2.45) is 5.92 Å². The van der Waals surface area contributed by atoms with Crippen molar-refractivity contribution in [1.82, 2.24) is 10.3 Å². The zero-order valence-corrected chi connectivity index (χ0v) is 16.7. The molecule has 2 aliphatic rings. The third-order valence-electron chi connectivity index (χ3n) is 6.22. The molecule has 1 fully saturated rings. The lowest BCUT2D eigenvalue weighted by Gasteiger charge is -2.30. The summed E-state index contributed by atoms with van der Waals surface area (Å²) >= 11 is 0. The van der Waals surface area contributed by atoms with Crippen LogP contribution in [-0.2, 0) is 22.4 Å². The van der Waals surface area contributed by atoms with E-state index >= 15 is 0 Å². The van der Waals surface area contributed by atoms with Crippen LogP contribution in [0, 0.1) is 5.92 Å². The molecule has 28 heavy (non-hydrogen) atoms. The number of nitrogens with one attached hydrogen (secondary N) is 1. The summed E-state index contributed by atoms with van der Waals surface area (Å²) in [7, 11) is 0. The Bertz CT molecular complexity index is 908. The van der Waals surface area contributed by atoms with E-state index < -0.39 is 12.1 Å². The number of carbonyl (C=O) groups is 2. The molecule has 148 valence electrons. The molecular weight excluding hydrogens is 352 g/mol. The van der Waals surface area contributed by atoms with Gasteiger partial charge in [-0.15, -0.1) is 0 Å². The molecule has 5 heteroatoms. The molecule has 0 unspecified atom stereocenters. The maximum absolute atomic E-state index is 13.1. The molecule has 1 aromatic carbocycles. The number of fused-ring (bicyclic) bond motifs is 2. The van der Waals surface area contributed by atoms with E-state index in [1.165, 1.54) is 6.42 Å². The third kappa shape index (κ3) is 3.62. The fraction of sp³-hybridized carbons (Fsp3) is 0.522. The highest BCUT2D eigenvalue weighted by Crippen LogP contribution is 2.31. The van der Waals surface area contributed by atoms with E-state index in [1.807, 2.05) is 24.3 Å². The van der Waals surface area contributed by atoms with E-state index in [0.29, 0.717) is 11.5 Å². The largest absolute Gasteiger partial charge is 0.449 e. The van der Waals surface area contributed by atoms with Crippen molar-refractivity contribution in [2.45, 2.75) is 70.9 Å². The highest BCUT2D eigenvalue weighted by atomic mass is 16.5. The molecule has 1 N–H and O–H groups in total. The number of esters is 1. The first-order valence-corrected chi connectivity index (χ1v) is 10.5. The van der Waals surface area contributed by atoms with E-state index in [9.17, 15) is 9.59 Å². The van der Waals surface area contributed by atoms with Gasteiger partial charge in [0.1, 0.15) is 0 Å². The number of carbonyl (C=O) groups excluding carboxylic acids is 2. The van der Waals surface area contributed by atoms with Crippen molar-refractivity contribution in [3.63, 3.8) is 0 Å². The second-order valence-corrected chi connectivity index (χ2v) is 8.21. The molecule has 0 spiro atoms. The summed E-state index contributed by atoms with van der Waals surface area (Å²) in [6.45, 7) is 3.83. The average Bonchev–Trinajstić information content (AvgIpc) is 3.15. The van der Waals surface area contributed by atoms with Crippen molar-refractivity contribution in [1.29, 1.82) is 0 Å². The number of hydrogen-bond acceptors (Lipinski definition) is 4. The monoisotopic (exact) mass is 380 g/mol. The van der Waals surface area contributed by atoms with Crippen LogP contribution in [0.25, 0.3) is 10.9 Å². The number of pyridine rings is 1. The summed E-state index contributed by atoms with van der Waals surface area (Å²) in [6, 6.07) is 7.83. The lowest BCUT2D eigenvalue weighted by atomic mass is 9.86. The number of benzene rings is 1. The van der Waals surface area contributed by atoms with Gasteiger partial charge in [-0.25, -0.2) is 4.79 Å². The summed E-state index contributed by atoms with van der Waals surface area (Å²) in [5.41, 5.74) is 3.36. The number of para-hydroxylation sites is 1. The lowest BCUT2D eigenvalue weighted by molar-refractivity contribution is -0.130. The van der Waals surface area contributed by atoms with Gasteiger partial charge < -0.3 is 10.1 Å². The fourth-order valence-electron chi connectivity index (χ4n) is 4.55. The maximum atomic E-state index is 13.1. The van der Waals surface area contributed by atoms with Crippen LogP contribution in [0.5, 0.6) is 0 Å².